The van der Waals surface area contributed by atoms with Gasteiger partial charge in [0, 0.05) is 19.8 Å². The maximum absolute atomic E-state index is 6.48. The highest BCUT2D eigenvalue weighted by Crippen LogP contribution is 2.37. The molecule has 0 heterocycles. The van der Waals surface area contributed by atoms with Gasteiger partial charge in [-0.2, -0.15) is 0 Å². The highest BCUT2D eigenvalue weighted by Gasteiger charge is 2.13. The molecule has 28 heavy (non-hydrogen) atoms. The van der Waals surface area contributed by atoms with Crippen LogP contribution in [-0.2, 0) is 17.9 Å². The van der Waals surface area contributed by atoms with Crippen LogP contribution < -0.4 is 14.8 Å². The number of hydrogen-bond acceptors (Lipinski definition) is 4. The lowest BCUT2D eigenvalue weighted by molar-refractivity contribution is 0.129. The second kappa shape index (κ2) is 12.7. The third-order valence-electron chi connectivity index (χ3n) is 4.54. The molecule has 0 aromatic heterocycles. The van der Waals surface area contributed by atoms with Crippen molar-refractivity contribution in [3.8, 4) is 11.5 Å². The number of hydrogen-bond donors (Lipinski definition) is 1. The van der Waals surface area contributed by atoms with Crippen molar-refractivity contribution >= 4 is 11.6 Å². The number of nitrogens with one attached hydrogen (secondary N) is 1. The van der Waals surface area contributed by atoms with E-state index in [-0.39, 0.29) is 0 Å². The van der Waals surface area contributed by atoms with E-state index in [1.807, 2.05) is 24.3 Å². The van der Waals surface area contributed by atoms with E-state index < -0.39 is 0 Å². The first-order chi connectivity index (χ1) is 13.7. The normalized spacial score (nSPS) is 10.9. The van der Waals surface area contributed by atoms with E-state index in [9.17, 15) is 0 Å². The fraction of sp³-hybridized carbons (Fsp3) is 0.478. The summed E-state index contributed by atoms with van der Waals surface area (Å²) >= 11 is 6.48. The van der Waals surface area contributed by atoms with E-state index >= 15 is 0 Å². The summed E-state index contributed by atoms with van der Waals surface area (Å²) in [6.45, 7) is 7.97. The lowest BCUT2D eigenvalue weighted by atomic mass is 10.1. The van der Waals surface area contributed by atoms with Crippen LogP contribution in [0.1, 0.15) is 42.9 Å². The van der Waals surface area contributed by atoms with E-state index in [1.165, 1.54) is 12.0 Å². The van der Waals surface area contributed by atoms with Gasteiger partial charge in [-0.25, -0.2) is 0 Å². The van der Waals surface area contributed by atoms with Gasteiger partial charge in [-0.3, -0.25) is 0 Å². The molecule has 0 atom stereocenters. The molecule has 4 nitrogen and oxygen atoms in total. The Morgan fingerprint density at radius 1 is 1.07 bits per heavy atom. The van der Waals surface area contributed by atoms with Gasteiger partial charge in [0.05, 0.1) is 12.1 Å². The zero-order chi connectivity index (χ0) is 20.2. The van der Waals surface area contributed by atoms with Crippen LogP contribution in [0.25, 0.3) is 0 Å². The lowest BCUT2D eigenvalue weighted by Gasteiger charge is -2.15. The van der Waals surface area contributed by atoms with Crippen molar-refractivity contribution < 1.29 is 14.2 Å². The SMILES string of the molecule is CCCCOCCCNCc1cc(Cl)c(OCc2ccccc2C)c(OC)c1. The predicted octanol–water partition coefficient (Wildman–Crippen LogP) is 5.53. The fourth-order valence-electron chi connectivity index (χ4n) is 2.82. The van der Waals surface area contributed by atoms with Crippen LogP contribution in [0.5, 0.6) is 11.5 Å². The Bertz CT molecular complexity index is 721. The number of halogens is 1. The van der Waals surface area contributed by atoms with Crippen molar-refractivity contribution in [2.45, 2.75) is 46.3 Å². The van der Waals surface area contributed by atoms with E-state index in [0.29, 0.717) is 23.1 Å². The van der Waals surface area contributed by atoms with Gasteiger partial charge in [0.25, 0.3) is 0 Å². The van der Waals surface area contributed by atoms with Gasteiger partial charge in [0.2, 0.25) is 0 Å². The van der Waals surface area contributed by atoms with Crippen molar-refractivity contribution in [2.24, 2.45) is 0 Å². The standard InChI is InChI=1S/C23H32ClNO3/c1-4-5-12-27-13-8-11-25-16-19-14-21(24)23(22(15-19)26-3)28-17-20-10-7-6-9-18(20)2/h6-7,9-10,14-15,25H,4-5,8,11-13,16-17H2,1-3H3. The van der Waals surface area contributed by atoms with Crippen molar-refractivity contribution in [1.29, 1.82) is 0 Å². The molecule has 1 N–H and O–H groups in total. The molecule has 0 saturated heterocycles. The first kappa shape index (κ1) is 22.5. The van der Waals surface area contributed by atoms with E-state index in [1.54, 1.807) is 7.11 Å². The zero-order valence-corrected chi connectivity index (χ0v) is 18.0. The summed E-state index contributed by atoms with van der Waals surface area (Å²) in [7, 11) is 1.64. The molecule has 2 aromatic carbocycles. The number of aryl methyl sites for hydroxylation is 1. The van der Waals surface area contributed by atoms with Gasteiger partial charge in [-0.05, 0) is 55.1 Å². The molecule has 0 spiro atoms. The smallest absolute Gasteiger partial charge is 0.180 e. The number of methoxy groups -OCH3 is 1. The van der Waals surface area contributed by atoms with Crippen LogP contribution >= 0.6 is 11.6 Å². The topological polar surface area (TPSA) is 39.7 Å². The molecule has 0 amide bonds. The Morgan fingerprint density at radius 3 is 2.61 bits per heavy atom. The van der Waals surface area contributed by atoms with Crippen molar-refractivity contribution in [1.82, 2.24) is 5.32 Å². The fourth-order valence-corrected chi connectivity index (χ4v) is 3.11. The van der Waals surface area contributed by atoms with Crippen LogP contribution in [0, 0.1) is 6.92 Å². The van der Waals surface area contributed by atoms with Crippen LogP contribution in [0.3, 0.4) is 0 Å². The third-order valence-corrected chi connectivity index (χ3v) is 4.82. The molecule has 0 aliphatic carbocycles. The summed E-state index contributed by atoms with van der Waals surface area (Å²) < 4.78 is 17.1. The summed E-state index contributed by atoms with van der Waals surface area (Å²) in [4.78, 5) is 0. The van der Waals surface area contributed by atoms with Crippen LogP contribution in [0.15, 0.2) is 36.4 Å². The molecule has 0 saturated carbocycles. The van der Waals surface area contributed by atoms with Crippen LogP contribution in [0.2, 0.25) is 5.02 Å². The van der Waals surface area contributed by atoms with Crippen molar-refractivity contribution in [3.05, 3.63) is 58.1 Å². The monoisotopic (exact) mass is 405 g/mol. The maximum Gasteiger partial charge on any atom is 0.180 e. The minimum absolute atomic E-state index is 0.457. The zero-order valence-electron chi connectivity index (χ0n) is 17.2. The molecule has 2 aromatic rings. The predicted molar refractivity (Wildman–Crippen MR) is 116 cm³/mol. The average Bonchev–Trinajstić information content (AvgIpc) is 2.70. The lowest BCUT2D eigenvalue weighted by Crippen LogP contribution is -2.16. The minimum Gasteiger partial charge on any atom is -0.493 e. The largest absolute Gasteiger partial charge is 0.493 e. The number of ether oxygens (including phenoxy) is 3. The van der Waals surface area contributed by atoms with Gasteiger partial charge in [-0.15, -0.1) is 0 Å². The molecule has 0 bridgehead atoms. The second-order valence-electron chi connectivity index (χ2n) is 6.82. The van der Waals surface area contributed by atoms with Gasteiger partial charge in [0.1, 0.15) is 6.61 Å². The Morgan fingerprint density at radius 2 is 1.86 bits per heavy atom. The third kappa shape index (κ3) is 7.34. The van der Waals surface area contributed by atoms with E-state index in [0.717, 1.165) is 50.3 Å². The molecule has 0 unspecified atom stereocenters. The minimum atomic E-state index is 0.457. The Balaban J connectivity index is 1.85. The van der Waals surface area contributed by atoms with Crippen molar-refractivity contribution in [3.63, 3.8) is 0 Å². The molecule has 154 valence electrons. The highest BCUT2D eigenvalue weighted by molar-refractivity contribution is 6.32. The Labute approximate surface area is 174 Å². The van der Waals surface area contributed by atoms with Gasteiger partial charge in [0.15, 0.2) is 11.5 Å². The highest BCUT2D eigenvalue weighted by atomic mass is 35.5. The summed E-state index contributed by atoms with van der Waals surface area (Å²) in [5.41, 5.74) is 3.39. The molecule has 2 rings (SSSR count). The Hall–Kier alpha value is -1.75. The number of unbranched alkanes of at least 4 members (excludes halogenated alkanes) is 1. The second-order valence-corrected chi connectivity index (χ2v) is 7.23. The van der Waals surface area contributed by atoms with Gasteiger partial charge >= 0.3 is 0 Å². The molecular formula is C23H32ClNO3. The van der Waals surface area contributed by atoms with Gasteiger partial charge in [-0.1, -0.05) is 49.2 Å². The summed E-state index contributed by atoms with van der Waals surface area (Å²) in [5.74, 6) is 1.24. The van der Waals surface area contributed by atoms with E-state index in [4.69, 9.17) is 25.8 Å². The molecular weight excluding hydrogens is 374 g/mol. The summed E-state index contributed by atoms with van der Waals surface area (Å²) in [6.07, 6.45) is 3.29. The number of benzene rings is 2. The van der Waals surface area contributed by atoms with Gasteiger partial charge < -0.3 is 19.5 Å². The molecule has 0 aliphatic heterocycles. The molecule has 0 aliphatic rings. The number of rotatable bonds is 13. The maximum atomic E-state index is 6.48. The van der Waals surface area contributed by atoms with Crippen LogP contribution in [0.4, 0.5) is 0 Å². The Kier molecular flexibility index (Phi) is 10.2. The van der Waals surface area contributed by atoms with E-state index in [2.05, 4.69) is 31.3 Å². The first-order valence-electron chi connectivity index (χ1n) is 9.97. The average molecular weight is 406 g/mol. The quantitative estimate of drug-likeness (QED) is 0.444. The molecule has 0 fully saturated rings. The molecule has 5 heteroatoms. The molecule has 0 radical (unpaired) electrons. The van der Waals surface area contributed by atoms with Crippen LogP contribution in [-0.4, -0.2) is 26.9 Å². The first-order valence-corrected chi connectivity index (χ1v) is 10.4. The summed E-state index contributed by atoms with van der Waals surface area (Å²) in [5, 5.41) is 3.98. The summed E-state index contributed by atoms with van der Waals surface area (Å²) in [6, 6.07) is 12.1. The van der Waals surface area contributed by atoms with Crippen molar-refractivity contribution in [2.75, 3.05) is 26.9 Å².